The summed E-state index contributed by atoms with van der Waals surface area (Å²) in [6.07, 6.45) is 0.950. The van der Waals surface area contributed by atoms with Gasteiger partial charge < -0.3 is 10.1 Å². The fourth-order valence-electron chi connectivity index (χ4n) is 2.18. The van der Waals surface area contributed by atoms with Crippen LogP contribution in [0.1, 0.15) is 30.5 Å². The van der Waals surface area contributed by atoms with E-state index >= 15 is 0 Å². The summed E-state index contributed by atoms with van der Waals surface area (Å²) >= 11 is 0. The molecule has 1 atom stereocenters. The third-order valence-corrected chi connectivity index (χ3v) is 3.31. The second-order valence-electron chi connectivity index (χ2n) is 4.68. The molecule has 0 aliphatic heterocycles. The second-order valence-corrected chi connectivity index (χ2v) is 4.68. The molecule has 4 heteroatoms. The van der Waals surface area contributed by atoms with Crippen LogP contribution in [-0.2, 0) is 0 Å². The number of hydrogen-bond donors (Lipinski definition) is 1. The molecule has 0 bridgehead atoms. The lowest BCUT2D eigenvalue weighted by Gasteiger charge is -2.15. The van der Waals surface area contributed by atoms with E-state index in [9.17, 15) is 4.39 Å². The summed E-state index contributed by atoms with van der Waals surface area (Å²) < 4.78 is 19.4. The van der Waals surface area contributed by atoms with Crippen molar-refractivity contribution in [3.8, 4) is 17.6 Å². The first-order chi connectivity index (χ1) is 10.2. The minimum absolute atomic E-state index is 0.114. The fourth-order valence-corrected chi connectivity index (χ4v) is 2.18. The topological polar surface area (TPSA) is 45.0 Å². The average Bonchev–Trinajstić information content (AvgIpc) is 2.51. The summed E-state index contributed by atoms with van der Waals surface area (Å²) in [4.78, 5) is 0. The van der Waals surface area contributed by atoms with E-state index in [1.54, 1.807) is 6.07 Å². The highest BCUT2D eigenvalue weighted by Crippen LogP contribution is 2.27. The van der Waals surface area contributed by atoms with E-state index in [1.165, 1.54) is 18.2 Å². The minimum atomic E-state index is -0.542. The van der Waals surface area contributed by atoms with Crippen LogP contribution >= 0.6 is 0 Å². The lowest BCUT2D eigenvalue weighted by molar-refractivity contribution is 0.440. The molecule has 21 heavy (non-hydrogen) atoms. The van der Waals surface area contributed by atoms with Crippen LogP contribution in [0, 0.1) is 17.1 Å². The number of benzene rings is 2. The Morgan fingerprint density at radius 2 is 2.10 bits per heavy atom. The maximum absolute atomic E-state index is 13.8. The maximum atomic E-state index is 13.8. The first kappa shape index (κ1) is 15.0. The normalized spacial score (nSPS) is 11.7. The van der Waals surface area contributed by atoms with Gasteiger partial charge in [-0.15, -0.1) is 0 Å². The maximum Gasteiger partial charge on any atom is 0.167 e. The van der Waals surface area contributed by atoms with E-state index < -0.39 is 5.82 Å². The fraction of sp³-hybridized carbons (Fsp3) is 0.235. The van der Waals surface area contributed by atoms with Crippen LogP contribution in [0.2, 0.25) is 0 Å². The van der Waals surface area contributed by atoms with Crippen molar-refractivity contribution in [3.05, 3.63) is 59.4 Å². The van der Waals surface area contributed by atoms with Gasteiger partial charge in [0.05, 0.1) is 11.6 Å². The Labute approximate surface area is 124 Å². The van der Waals surface area contributed by atoms with Crippen LogP contribution in [-0.4, -0.2) is 7.05 Å². The molecule has 0 amide bonds. The predicted molar refractivity (Wildman–Crippen MR) is 79.7 cm³/mol. The first-order valence-corrected chi connectivity index (χ1v) is 6.82. The molecule has 2 aromatic carbocycles. The zero-order chi connectivity index (χ0) is 15.2. The molecule has 0 fully saturated rings. The van der Waals surface area contributed by atoms with Crippen LogP contribution in [0.3, 0.4) is 0 Å². The van der Waals surface area contributed by atoms with Crippen molar-refractivity contribution in [2.24, 2.45) is 0 Å². The number of rotatable bonds is 5. The smallest absolute Gasteiger partial charge is 0.167 e. The summed E-state index contributed by atoms with van der Waals surface area (Å²) in [7, 11) is 1.90. The van der Waals surface area contributed by atoms with Crippen molar-refractivity contribution in [1.29, 1.82) is 5.26 Å². The number of nitrogens with zero attached hydrogens (tertiary/aromatic N) is 1. The van der Waals surface area contributed by atoms with E-state index in [0.29, 0.717) is 5.75 Å². The molecule has 0 radical (unpaired) electrons. The molecule has 0 heterocycles. The third kappa shape index (κ3) is 3.59. The summed E-state index contributed by atoms with van der Waals surface area (Å²) in [5, 5.41) is 11.9. The number of ether oxygens (including phenoxy) is 1. The van der Waals surface area contributed by atoms with Crippen LogP contribution in [0.4, 0.5) is 4.39 Å². The number of hydrogen-bond acceptors (Lipinski definition) is 3. The van der Waals surface area contributed by atoms with Gasteiger partial charge in [0.1, 0.15) is 5.75 Å². The molecule has 0 saturated heterocycles. The lowest BCUT2D eigenvalue weighted by Crippen LogP contribution is -2.14. The molecule has 108 valence electrons. The van der Waals surface area contributed by atoms with Crippen molar-refractivity contribution in [2.75, 3.05) is 7.05 Å². The molecule has 0 saturated carbocycles. The Balaban J connectivity index is 2.24. The summed E-state index contributed by atoms with van der Waals surface area (Å²) in [5.74, 6) is 0.147. The van der Waals surface area contributed by atoms with Crippen molar-refractivity contribution < 1.29 is 9.13 Å². The quantitative estimate of drug-likeness (QED) is 0.896. The Hall–Kier alpha value is -2.38. The second kappa shape index (κ2) is 6.87. The monoisotopic (exact) mass is 284 g/mol. The number of nitriles is 1. The van der Waals surface area contributed by atoms with Gasteiger partial charge >= 0.3 is 0 Å². The average molecular weight is 284 g/mol. The molecular formula is C17H17FN2O. The van der Waals surface area contributed by atoms with E-state index in [4.69, 9.17) is 10.00 Å². The van der Waals surface area contributed by atoms with Gasteiger partial charge in [-0.3, -0.25) is 0 Å². The standard InChI is InChI=1S/C17H17FN2O/c1-3-16(20-2)13-5-4-6-14(10-13)21-17-8-7-12(11-19)9-15(17)18/h4-10,16,20H,3H2,1-2H3. The SMILES string of the molecule is CCC(NC)c1cccc(Oc2ccc(C#N)cc2F)c1. The molecule has 2 rings (SSSR count). The molecule has 0 aliphatic carbocycles. The van der Waals surface area contributed by atoms with Crippen LogP contribution in [0.5, 0.6) is 11.5 Å². The van der Waals surface area contributed by atoms with Gasteiger partial charge in [0.2, 0.25) is 0 Å². The van der Waals surface area contributed by atoms with E-state index in [1.807, 2.05) is 31.3 Å². The molecule has 0 aliphatic rings. The molecule has 0 spiro atoms. The number of nitrogens with one attached hydrogen (secondary N) is 1. The van der Waals surface area contributed by atoms with E-state index in [-0.39, 0.29) is 17.4 Å². The summed E-state index contributed by atoms with van der Waals surface area (Å²) in [6, 6.07) is 13.9. The van der Waals surface area contributed by atoms with Crippen LogP contribution in [0.25, 0.3) is 0 Å². The van der Waals surface area contributed by atoms with Gasteiger partial charge in [-0.25, -0.2) is 4.39 Å². The van der Waals surface area contributed by atoms with Gasteiger partial charge in [-0.05, 0) is 49.4 Å². The van der Waals surface area contributed by atoms with Gasteiger partial charge in [0.15, 0.2) is 11.6 Å². The molecule has 1 N–H and O–H groups in total. The lowest BCUT2D eigenvalue weighted by atomic mass is 10.0. The highest BCUT2D eigenvalue weighted by Gasteiger charge is 2.10. The Morgan fingerprint density at radius 3 is 2.71 bits per heavy atom. The Kier molecular flexibility index (Phi) is 4.91. The number of halogens is 1. The summed E-state index contributed by atoms with van der Waals surface area (Å²) in [5.41, 5.74) is 1.36. The van der Waals surface area contributed by atoms with Gasteiger partial charge in [-0.1, -0.05) is 19.1 Å². The Bertz CT molecular complexity index is 660. The van der Waals surface area contributed by atoms with Gasteiger partial charge in [0.25, 0.3) is 0 Å². The largest absolute Gasteiger partial charge is 0.454 e. The van der Waals surface area contributed by atoms with Crippen molar-refractivity contribution in [2.45, 2.75) is 19.4 Å². The van der Waals surface area contributed by atoms with E-state index in [0.717, 1.165) is 12.0 Å². The Morgan fingerprint density at radius 1 is 1.29 bits per heavy atom. The first-order valence-electron chi connectivity index (χ1n) is 6.82. The highest BCUT2D eigenvalue weighted by atomic mass is 19.1. The molecular weight excluding hydrogens is 267 g/mol. The third-order valence-electron chi connectivity index (χ3n) is 3.31. The predicted octanol–water partition coefficient (Wildman–Crippen LogP) is 4.16. The zero-order valence-electron chi connectivity index (χ0n) is 12.1. The van der Waals surface area contributed by atoms with Gasteiger partial charge in [0, 0.05) is 6.04 Å². The minimum Gasteiger partial charge on any atom is -0.454 e. The van der Waals surface area contributed by atoms with Gasteiger partial charge in [-0.2, -0.15) is 5.26 Å². The van der Waals surface area contributed by atoms with Crippen LogP contribution in [0.15, 0.2) is 42.5 Å². The summed E-state index contributed by atoms with van der Waals surface area (Å²) in [6.45, 7) is 2.09. The molecule has 1 unspecified atom stereocenters. The van der Waals surface area contributed by atoms with E-state index in [2.05, 4.69) is 12.2 Å². The van der Waals surface area contributed by atoms with Crippen LogP contribution < -0.4 is 10.1 Å². The molecule has 2 aromatic rings. The molecule has 0 aromatic heterocycles. The molecule has 3 nitrogen and oxygen atoms in total. The van der Waals surface area contributed by atoms with Crippen molar-refractivity contribution in [1.82, 2.24) is 5.32 Å². The highest BCUT2D eigenvalue weighted by molar-refractivity contribution is 5.39. The van der Waals surface area contributed by atoms with Crippen molar-refractivity contribution in [3.63, 3.8) is 0 Å². The zero-order valence-corrected chi connectivity index (χ0v) is 12.1. The van der Waals surface area contributed by atoms with Crippen molar-refractivity contribution >= 4 is 0 Å².